The summed E-state index contributed by atoms with van der Waals surface area (Å²) < 4.78 is 0. The van der Waals surface area contributed by atoms with Crippen LogP contribution in [0.5, 0.6) is 0 Å². The highest BCUT2D eigenvalue weighted by molar-refractivity contribution is 6.04. The first-order valence-corrected chi connectivity index (χ1v) is 15.5. The largest absolute Gasteiger partial charge is 0.256 e. The van der Waals surface area contributed by atoms with Gasteiger partial charge in [-0.25, -0.2) is 4.98 Å². The van der Waals surface area contributed by atoms with Crippen molar-refractivity contribution in [3.63, 3.8) is 0 Å². The molecule has 0 aliphatic rings. The molecule has 214 valence electrons. The topological polar surface area (TPSA) is 38.7 Å². The Balaban J connectivity index is 1.26. The van der Waals surface area contributed by atoms with Crippen LogP contribution in [0.4, 0.5) is 0 Å². The Bertz CT molecular complexity index is 2570. The van der Waals surface area contributed by atoms with Crippen LogP contribution in [0.2, 0.25) is 0 Å². The van der Waals surface area contributed by atoms with Crippen molar-refractivity contribution >= 4 is 43.4 Å². The lowest BCUT2D eigenvalue weighted by atomic mass is 9.93. The SMILES string of the molecule is c1ccc2c(-c3ccc4nc(-c5cccc6ccccc56)cc(-c5ccc(-c6cccc7cccnc67)nc5)c4c3)cccc2c1. The summed E-state index contributed by atoms with van der Waals surface area (Å²) in [7, 11) is 0. The predicted molar refractivity (Wildman–Crippen MR) is 192 cm³/mol. The zero-order chi connectivity index (χ0) is 30.5. The molecule has 0 unspecified atom stereocenters. The molecule has 6 aromatic carbocycles. The number of para-hydroxylation sites is 1. The summed E-state index contributed by atoms with van der Waals surface area (Å²) in [6.45, 7) is 0. The second-order valence-electron chi connectivity index (χ2n) is 11.7. The van der Waals surface area contributed by atoms with Crippen LogP contribution in [0.3, 0.4) is 0 Å². The standard InChI is InChI=1S/C43H27N3/c1-3-15-33-28(9-1)11-5-17-35(33)31-20-23-41-39(25-31)38(26-42(46-41)36-18-6-12-29-10-2-4-16-34(29)36)32-21-22-40(45-27-32)37-19-7-13-30-14-8-24-44-43(30)37/h1-27H. The molecule has 0 N–H and O–H groups in total. The average Bonchev–Trinajstić information content (AvgIpc) is 3.13. The van der Waals surface area contributed by atoms with Crippen LogP contribution < -0.4 is 0 Å². The van der Waals surface area contributed by atoms with E-state index in [1.165, 1.54) is 27.1 Å². The van der Waals surface area contributed by atoms with Crippen LogP contribution in [-0.4, -0.2) is 15.0 Å². The molecular weight excluding hydrogens is 558 g/mol. The van der Waals surface area contributed by atoms with Crippen molar-refractivity contribution in [2.24, 2.45) is 0 Å². The minimum atomic E-state index is 0.900. The van der Waals surface area contributed by atoms with E-state index in [-0.39, 0.29) is 0 Å². The van der Waals surface area contributed by atoms with E-state index in [0.717, 1.165) is 61.0 Å². The van der Waals surface area contributed by atoms with E-state index in [4.69, 9.17) is 9.97 Å². The maximum absolute atomic E-state index is 5.25. The van der Waals surface area contributed by atoms with Crippen molar-refractivity contribution in [2.45, 2.75) is 0 Å². The smallest absolute Gasteiger partial charge is 0.0795 e. The Labute approximate surface area is 266 Å². The minimum Gasteiger partial charge on any atom is -0.256 e. The van der Waals surface area contributed by atoms with E-state index in [9.17, 15) is 0 Å². The van der Waals surface area contributed by atoms with Gasteiger partial charge in [-0.05, 0) is 68.6 Å². The number of benzene rings is 6. The molecule has 46 heavy (non-hydrogen) atoms. The van der Waals surface area contributed by atoms with Gasteiger partial charge in [-0.2, -0.15) is 0 Å². The zero-order valence-corrected chi connectivity index (χ0v) is 24.9. The summed E-state index contributed by atoms with van der Waals surface area (Å²) in [4.78, 5) is 14.9. The molecule has 9 aromatic rings. The Morgan fingerprint density at radius 1 is 0.370 bits per heavy atom. The first kappa shape index (κ1) is 26.2. The Hall–Kier alpha value is -6.19. The molecule has 0 saturated carbocycles. The molecule has 0 saturated heterocycles. The second kappa shape index (κ2) is 10.8. The Kier molecular flexibility index (Phi) is 6.14. The molecule has 0 fully saturated rings. The third-order valence-corrected chi connectivity index (χ3v) is 8.96. The number of pyridine rings is 3. The molecule has 0 bridgehead atoms. The fourth-order valence-electron chi connectivity index (χ4n) is 6.72. The van der Waals surface area contributed by atoms with Crippen molar-refractivity contribution in [3.8, 4) is 44.8 Å². The van der Waals surface area contributed by atoms with Gasteiger partial charge < -0.3 is 0 Å². The van der Waals surface area contributed by atoms with Gasteiger partial charge in [0.25, 0.3) is 0 Å². The van der Waals surface area contributed by atoms with E-state index in [1.807, 2.05) is 18.5 Å². The molecule has 3 heterocycles. The summed E-state index contributed by atoms with van der Waals surface area (Å²) in [6.07, 6.45) is 3.83. The molecule has 0 atom stereocenters. The van der Waals surface area contributed by atoms with Crippen molar-refractivity contribution in [3.05, 3.63) is 164 Å². The Morgan fingerprint density at radius 2 is 1.02 bits per heavy atom. The third-order valence-electron chi connectivity index (χ3n) is 8.96. The fourth-order valence-corrected chi connectivity index (χ4v) is 6.72. The first-order chi connectivity index (χ1) is 22.8. The highest BCUT2D eigenvalue weighted by Gasteiger charge is 2.15. The molecule has 0 aliphatic heterocycles. The lowest BCUT2D eigenvalue weighted by molar-refractivity contribution is 1.32. The average molecular weight is 586 g/mol. The van der Waals surface area contributed by atoms with Gasteiger partial charge in [-0.3, -0.25) is 9.97 Å². The van der Waals surface area contributed by atoms with Gasteiger partial charge in [-0.15, -0.1) is 0 Å². The second-order valence-corrected chi connectivity index (χ2v) is 11.7. The van der Waals surface area contributed by atoms with Gasteiger partial charge in [0.2, 0.25) is 0 Å². The summed E-state index contributed by atoms with van der Waals surface area (Å²) in [6, 6.07) is 53.5. The molecule has 0 aliphatic carbocycles. The van der Waals surface area contributed by atoms with Crippen LogP contribution >= 0.6 is 0 Å². The van der Waals surface area contributed by atoms with Crippen LogP contribution in [0.15, 0.2) is 164 Å². The van der Waals surface area contributed by atoms with Crippen molar-refractivity contribution < 1.29 is 0 Å². The van der Waals surface area contributed by atoms with E-state index < -0.39 is 0 Å². The molecule has 3 heteroatoms. The van der Waals surface area contributed by atoms with Gasteiger partial charge in [0.15, 0.2) is 0 Å². The zero-order valence-electron chi connectivity index (χ0n) is 24.9. The summed E-state index contributed by atoms with van der Waals surface area (Å²) >= 11 is 0. The van der Waals surface area contributed by atoms with Gasteiger partial charge in [0.05, 0.1) is 22.4 Å². The number of hydrogen-bond donors (Lipinski definition) is 0. The van der Waals surface area contributed by atoms with Crippen LogP contribution in [0.1, 0.15) is 0 Å². The minimum absolute atomic E-state index is 0.900. The van der Waals surface area contributed by atoms with Crippen molar-refractivity contribution in [1.82, 2.24) is 15.0 Å². The monoisotopic (exact) mass is 585 g/mol. The molecule has 9 rings (SSSR count). The maximum Gasteiger partial charge on any atom is 0.0795 e. The number of fused-ring (bicyclic) bond motifs is 4. The summed E-state index contributed by atoms with van der Waals surface area (Å²) in [5.74, 6) is 0. The maximum atomic E-state index is 5.25. The molecule has 0 radical (unpaired) electrons. The lowest BCUT2D eigenvalue weighted by Gasteiger charge is -2.14. The molecular formula is C43H27N3. The van der Waals surface area contributed by atoms with Crippen LogP contribution in [0.25, 0.3) is 88.1 Å². The normalized spacial score (nSPS) is 11.5. The van der Waals surface area contributed by atoms with Crippen molar-refractivity contribution in [2.75, 3.05) is 0 Å². The van der Waals surface area contributed by atoms with Gasteiger partial charge in [0.1, 0.15) is 0 Å². The van der Waals surface area contributed by atoms with Gasteiger partial charge >= 0.3 is 0 Å². The number of rotatable bonds is 4. The lowest BCUT2D eigenvalue weighted by Crippen LogP contribution is -1.93. The number of nitrogens with zero attached hydrogens (tertiary/aromatic N) is 3. The van der Waals surface area contributed by atoms with Crippen LogP contribution in [0, 0.1) is 0 Å². The molecule has 0 amide bonds. The van der Waals surface area contributed by atoms with Crippen molar-refractivity contribution in [1.29, 1.82) is 0 Å². The molecule has 3 aromatic heterocycles. The molecule has 0 spiro atoms. The van der Waals surface area contributed by atoms with E-state index in [0.29, 0.717) is 0 Å². The van der Waals surface area contributed by atoms with E-state index in [1.54, 1.807) is 0 Å². The molecule has 3 nitrogen and oxygen atoms in total. The summed E-state index contributed by atoms with van der Waals surface area (Å²) in [5.41, 5.74) is 10.4. The van der Waals surface area contributed by atoms with Gasteiger partial charge in [0, 0.05) is 39.9 Å². The quantitative estimate of drug-likeness (QED) is 0.206. The van der Waals surface area contributed by atoms with E-state index >= 15 is 0 Å². The van der Waals surface area contributed by atoms with E-state index in [2.05, 4.69) is 151 Å². The fraction of sp³-hybridized carbons (Fsp3) is 0. The Morgan fingerprint density at radius 3 is 1.80 bits per heavy atom. The predicted octanol–water partition coefficient (Wildman–Crippen LogP) is 11.2. The van der Waals surface area contributed by atoms with Crippen LogP contribution in [-0.2, 0) is 0 Å². The first-order valence-electron chi connectivity index (χ1n) is 15.5. The summed E-state index contributed by atoms with van der Waals surface area (Å²) in [5, 5.41) is 7.05. The number of hydrogen-bond acceptors (Lipinski definition) is 3. The van der Waals surface area contributed by atoms with Gasteiger partial charge in [-0.1, -0.05) is 121 Å². The third kappa shape index (κ3) is 4.41. The highest BCUT2D eigenvalue weighted by atomic mass is 14.7. The number of aromatic nitrogens is 3. The highest BCUT2D eigenvalue weighted by Crippen LogP contribution is 2.38.